The van der Waals surface area contributed by atoms with E-state index in [4.69, 9.17) is 4.74 Å². The minimum absolute atomic E-state index is 0.174. The number of aryl methyl sites for hydroxylation is 3. The SMILES string of the molecule is COC(=O)c1cccc(-n2c(C)cc(/C=C3\SC(=Nc4cc(C)c(Br)c(C)c4)NC3=O)c2C)c1. The maximum absolute atomic E-state index is 12.6. The van der Waals surface area contributed by atoms with Crippen molar-refractivity contribution in [3.63, 3.8) is 0 Å². The van der Waals surface area contributed by atoms with Crippen molar-refractivity contribution in [2.24, 2.45) is 4.99 Å². The van der Waals surface area contributed by atoms with Gasteiger partial charge in [-0.15, -0.1) is 0 Å². The van der Waals surface area contributed by atoms with E-state index >= 15 is 0 Å². The van der Waals surface area contributed by atoms with Crippen molar-refractivity contribution in [3.8, 4) is 5.69 Å². The van der Waals surface area contributed by atoms with E-state index in [2.05, 4.69) is 30.8 Å². The van der Waals surface area contributed by atoms with Crippen LogP contribution in [0.1, 0.15) is 38.4 Å². The standard InChI is InChI=1S/C26H24BrN3O3S/c1-14-9-20(10-15(2)23(14)27)28-26-29-24(31)22(34-26)13-19-11-16(3)30(17(19)4)21-8-6-7-18(12-21)25(32)33-5/h6-13H,1-5H3,(H,28,29,31)/b22-13-. The highest BCUT2D eigenvalue weighted by Crippen LogP contribution is 2.32. The lowest BCUT2D eigenvalue weighted by Crippen LogP contribution is -2.19. The number of carbonyl (C=O) groups is 2. The predicted octanol–water partition coefficient (Wildman–Crippen LogP) is 6.15. The van der Waals surface area contributed by atoms with E-state index in [0.717, 1.165) is 43.9 Å². The molecule has 0 saturated carbocycles. The van der Waals surface area contributed by atoms with E-state index in [0.29, 0.717) is 15.6 Å². The molecule has 1 saturated heterocycles. The molecular formula is C26H24BrN3O3S. The summed E-state index contributed by atoms with van der Waals surface area (Å²) in [5, 5.41) is 3.41. The Morgan fingerprint density at radius 1 is 1.12 bits per heavy atom. The third kappa shape index (κ3) is 4.74. The lowest BCUT2D eigenvalue weighted by atomic mass is 10.1. The van der Waals surface area contributed by atoms with E-state index in [9.17, 15) is 9.59 Å². The number of methoxy groups -OCH3 is 1. The maximum atomic E-state index is 12.6. The number of carbonyl (C=O) groups excluding carboxylic acids is 2. The smallest absolute Gasteiger partial charge is 0.337 e. The maximum Gasteiger partial charge on any atom is 0.337 e. The monoisotopic (exact) mass is 537 g/mol. The summed E-state index contributed by atoms with van der Waals surface area (Å²) in [5.74, 6) is -0.555. The first kappa shape index (κ1) is 24.0. The lowest BCUT2D eigenvalue weighted by Gasteiger charge is -2.11. The van der Waals surface area contributed by atoms with E-state index in [1.54, 1.807) is 12.1 Å². The highest BCUT2D eigenvalue weighted by molar-refractivity contribution is 9.10. The van der Waals surface area contributed by atoms with Crippen LogP contribution in [0.25, 0.3) is 11.8 Å². The molecule has 1 amide bonds. The van der Waals surface area contributed by atoms with Crippen molar-refractivity contribution >= 4 is 56.5 Å². The van der Waals surface area contributed by atoms with Crippen molar-refractivity contribution in [1.29, 1.82) is 0 Å². The molecule has 8 heteroatoms. The quantitative estimate of drug-likeness (QED) is 0.320. The second-order valence-electron chi connectivity index (χ2n) is 8.08. The second kappa shape index (κ2) is 9.64. The molecule has 2 heterocycles. The number of ether oxygens (including phenoxy) is 1. The summed E-state index contributed by atoms with van der Waals surface area (Å²) in [6, 6.07) is 13.3. The zero-order valence-corrected chi connectivity index (χ0v) is 21.9. The fourth-order valence-corrected chi connectivity index (χ4v) is 5.01. The van der Waals surface area contributed by atoms with Crippen molar-refractivity contribution in [1.82, 2.24) is 9.88 Å². The average molecular weight is 538 g/mol. The molecule has 1 aliphatic rings. The fraction of sp³-hybridized carbons (Fsp3) is 0.192. The van der Waals surface area contributed by atoms with Gasteiger partial charge in [0.25, 0.3) is 5.91 Å². The van der Waals surface area contributed by atoms with Gasteiger partial charge in [-0.3, -0.25) is 4.79 Å². The summed E-state index contributed by atoms with van der Waals surface area (Å²) in [7, 11) is 1.37. The van der Waals surface area contributed by atoms with Gasteiger partial charge >= 0.3 is 5.97 Å². The fourth-order valence-electron chi connectivity index (χ4n) is 3.95. The molecule has 2 aromatic carbocycles. The van der Waals surface area contributed by atoms with Crippen molar-refractivity contribution < 1.29 is 14.3 Å². The Morgan fingerprint density at radius 3 is 2.50 bits per heavy atom. The molecular weight excluding hydrogens is 514 g/mol. The Labute approximate surface area is 211 Å². The molecule has 3 aromatic rings. The number of benzene rings is 2. The Bertz CT molecular complexity index is 1360. The predicted molar refractivity (Wildman–Crippen MR) is 141 cm³/mol. The Balaban J connectivity index is 1.64. The molecule has 1 aliphatic heterocycles. The molecule has 0 aliphatic carbocycles. The number of thioether (sulfide) groups is 1. The number of aromatic nitrogens is 1. The number of aliphatic imine (C=N–C) groups is 1. The Kier molecular flexibility index (Phi) is 6.81. The van der Waals surface area contributed by atoms with Gasteiger partial charge < -0.3 is 14.6 Å². The van der Waals surface area contributed by atoms with E-state index in [-0.39, 0.29) is 11.9 Å². The molecule has 0 bridgehead atoms. The molecule has 174 valence electrons. The van der Waals surface area contributed by atoms with Gasteiger partial charge in [-0.2, -0.15) is 0 Å². The zero-order chi connectivity index (χ0) is 24.6. The second-order valence-corrected chi connectivity index (χ2v) is 9.90. The van der Waals surface area contributed by atoms with Gasteiger partial charge in [-0.05, 0) is 98.6 Å². The summed E-state index contributed by atoms with van der Waals surface area (Å²) in [6.45, 7) is 8.02. The van der Waals surface area contributed by atoms with Crippen LogP contribution in [0.5, 0.6) is 0 Å². The topological polar surface area (TPSA) is 72.7 Å². The minimum Gasteiger partial charge on any atom is -0.465 e. The van der Waals surface area contributed by atoms with Gasteiger partial charge in [0.15, 0.2) is 5.17 Å². The molecule has 34 heavy (non-hydrogen) atoms. The number of hydrogen-bond acceptors (Lipinski definition) is 5. The van der Waals surface area contributed by atoms with Gasteiger partial charge in [-0.25, -0.2) is 9.79 Å². The van der Waals surface area contributed by atoms with Crippen molar-refractivity contribution in [2.45, 2.75) is 27.7 Å². The van der Waals surface area contributed by atoms with Crippen LogP contribution in [0.2, 0.25) is 0 Å². The Morgan fingerprint density at radius 2 is 1.82 bits per heavy atom. The zero-order valence-electron chi connectivity index (χ0n) is 19.5. The van der Waals surface area contributed by atoms with Crippen LogP contribution in [0, 0.1) is 27.7 Å². The normalized spacial score (nSPS) is 15.8. The van der Waals surface area contributed by atoms with Crippen LogP contribution in [0.3, 0.4) is 0 Å². The first-order valence-corrected chi connectivity index (χ1v) is 12.2. The van der Waals surface area contributed by atoms with E-state index in [1.807, 2.05) is 64.1 Å². The number of amides is 1. The number of nitrogens with zero attached hydrogens (tertiary/aromatic N) is 2. The number of rotatable bonds is 4. The number of esters is 1. The van der Waals surface area contributed by atoms with Crippen LogP contribution < -0.4 is 5.32 Å². The molecule has 0 spiro atoms. The largest absolute Gasteiger partial charge is 0.465 e. The van der Waals surface area contributed by atoms with E-state index < -0.39 is 0 Å². The van der Waals surface area contributed by atoms with Crippen molar-refractivity contribution in [2.75, 3.05) is 7.11 Å². The number of hydrogen-bond donors (Lipinski definition) is 1. The summed E-state index contributed by atoms with van der Waals surface area (Å²) >= 11 is 4.89. The van der Waals surface area contributed by atoms with Gasteiger partial charge in [0, 0.05) is 21.5 Å². The molecule has 0 atom stereocenters. The molecule has 1 aromatic heterocycles. The van der Waals surface area contributed by atoms with E-state index in [1.165, 1.54) is 18.9 Å². The summed E-state index contributed by atoms with van der Waals surface area (Å²) in [5.41, 5.74) is 7.20. The summed E-state index contributed by atoms with van der Waals surface area (Å²) < 4.78 is 7.96. The van der Waals surface area contributed by atoms with Gasteiger partial charge in [0.1, 0.15) is 0 Å². The number of nitrogens with one attached hydrogen (secondary N) is 1. The third-order valence-corrected chi connectivity index (χ3v) is 7.75. The first-order valence-electron chi connectivity index (χ1n) is 10.6. The van der Waals surface area contributed by atoms with Crippen LogP contribution >= 0.6 is 27.7 Å². The van der Waals surface area contributed by atoms with Crippen molar-refractivity contribution in [3.05, 3.63) is 85.5 Å². The molecule has 1 fully saturated rings. The molecule has 0 radical (unpaired) electrons. The third-order valence-electron chi connectivity index (χ3n) is 5.59. The lowest BCUT2D eigenvalue weighted by molar-refractivity contribution is -0.115. The van der Waals surface area contributed by atoms with Gasteiger partial charge in [0.2, 0.25) is 0 Å². The number of halogens is 1. The molecule has 0 unspecified atom stereocenters. The Hall–Kier alpha value is -3.10. The van der Waals surface area contributed by atoms with Crippen LogP contribution in [-0.2, 0) is 9.53 Å². The van der Waals surface area contributed by atoms with Gasteiger partial charge in [0.05, 0.1) is 23.3 Å². The summed E-state index contributed by atoms with van der Waals surface area (Å²) in [4.78, 5) is 29.8. The summed E-state index contributed by atoms with van der Waals surface area (Å²) in [6.07, 6.45) is 1.88. The van der Waals surface area contributed by atoms with Crippen LogP contribution in [0.4, 0.5) is 5.69 Å². The molecule has 1 N–H and O–H groups in total. The minimum atomic E-state index is -0.381. The molecule has 6 nitrogen and oxygen atoms in total. The van der Waals surface area contributed by atoms with Crippen LogP contribution in [-0.4, -0.2) is 28.7 Å². The number of amidine groups is 1. The highest BCUT2D eigenvalue weighted by atomic mass is 79.9. The van der Waals surface area contributed by atoms with Gasteiger partial charge in [-0.1, -0.05) is 22.0 Å². The molecule has 4 rings (SSSR count). The first-order chi connectivity index (χ1) is 16.2. The average Bonchev–Trinajstić information content (AvgIpc) is 3.28. The highest BCUT2D eigenvalue weighted by Gasteiger charge is 2.25. The van der Waals surface area contributed by atoms with Crippen LogP contribution in [0.15, 0.2) is 56.8 Å².